The lowest BCUT2D eigenvalue weighted by Crippen LogP contribution is -2.45. The van der Waals surface area contributed by atoms with Gasteiger partial charge in [-0.3, -0.25) is 14.2 Å². The van der Waals surface area contributed by atoms with Crippen LogP contribution >= 0.6 is 34.7 Å². The molecule has 36 heavy (non-hydrogen) atoms. The summed E-state index contributed by atoms with van der Waals surface area (Å²) < 4.78 is 7.50. The van der Waals surface area contributed by atoms with Gasteiger partial charge in [-0.05, 0) is 56.0 Å². The molecule has 1 unspecified atom stereocenters. The van der Waals surface area contributed by atoms with Crippen molar-refractivity contribution in [3.8, 4) is 17.3 Å². The molecule has 0 bridgehead atoms. The summed E-state index contributed by atoms with van der Waals surface area (Å²) in [5.41, 5.74) is 2.16. The Morgan fingerprint density at radius 1 is 1.33 bits per heavy atom. The maximum absolute atomic E-state index is 12.7. The molecule has 1 aliphatic rings. The zero-order valence-electron chi connectivity index (χ0n) is 19.4. The number of halogens is 1. The third-order valence-corrected chi connectivity index (χ3v) is 7.94. The van der Waals surface area contributed by atoms with Crippen LogP contribution in [0.15, 0.2) is 51.5 Å². The van der Waals surface area contributed by atoms with Gasteiger partial charge in [0.2, 0.25) is 11.7 Å². The molecular weight excluding hydrogens is 520 g/mol. The Balaban J connectivity index is 1.34. The molecule has 3 aromatic heterocycles. The minimum atomic E-state index is -0.529. The van der Waals surface area contributed by atoms with Gasteiger partial charge >= 0.3 is 0 Å². The molecule has 12 heteroatoms. The van der Waals surface area contributed by atoms with Crippen LogP contribution in [0.1, 0.15) is 40.3 Å². The molecule has 1 aromatic carbocycles. The lowest BCUT2D eigenvalue weighted by Gasteiger charge is -2.14. The monoisotopic (exact) mass is 542 g/mol. The molecule has 4 heterocycles. The molecule has 0 radical (unpaired) electrons. The molecule has 1 saturated heterocycles. The molecule has 1 atom stereocenters. The summed E-state index contributed by atoms with van der Waals surface area (Å²) in [6.45, 7) is 2.64. The molecule has 2 amide bonds. The number of nitrogens with zero attached hydrogens (tertiary/aromatic N) is 4. The van der Waals surface area contributed by atoms with Crippen molar-refractivity contribution in [2.75, 3.05) is 6.54 Å². The number of carbonyl (C=O) groups excluding carboxylic acids is 2. The fourth-order valence-corrected chi connectivity index (χ4v) is 5.79. The third kappa shape index (κ3) is 5.32. The number of nitrogens with one attached hydrogen (secondary N) is 2. The number of carbonyl (C=O) groups is 2. The van der Waals surface area contributed by atoms with Gasteiger partial charge in [-0.25, -0.2) is 4.98 Å². The number of furan rings is 1. The Kier molecular flexibility index (Phi) is 7.40. The highest BCUT2D eigenvalue weighted by atomic mass is 35.5. The van der Waals surface area contributed by atoms with Crippen molar-refractivity contribution in [2.24, 2.45) is 0 Å². The van der Waals surface area contributed by atoms with Crippen LogP contribution in [0.25, 0.3) is 17.3 Å². The number of aryl methyl sites for hydroxylation is 1. The van der Waals surface area contributed by atoms with Crippen molar-refractivity contribution in [2.45, 2.75) is 43.1 Å². The van der Waals surface area contributed by atoms with E-state index < -0.39 is 6.04 Å². The Hall–Kier alpha value is -3.15. The van der Waals surface area contributed by atoms with Gasteiger partial charge in [0.05, 0.1) is 17.7 Å². The lowest BCUT2D eigenvalue weighted by molar-refractivity contribution is -0.122. The van der Waals surface area contributed by atoms with Gasteiger partial charge in [-0.1, -0.05) is 29.4 Å². The molecule has 0 saturated carbocycles. The number of hydrogen-bond acceptors (Lipinski definition) is 8. The molecule has 9 nitrogen and oxygen atoms in total. The van der Waals surface area contributed by atoms with Crippen molar-refractivity contribution in [3.05, 3.63) is 63.3 Å². The Bertz CT molecular complexity index is 1380. The van der Waals surface area contributed by atoms with Gasteiger partial charge in [0.15, 0.2) is 10.9 Å². The first-order valence-electron chi connectivity index (χ1n) is 11.4. The largest absolute Gasteiger partial charge is 0.461 e. The van der Waals surface area contributed by atoms with E-state index >= 15 is 0 Å². The first kappa shape index (κ1) is 24.5. The van der Waals surface area contributed by atoms with Crippen molar-refractivity contribution in [1.82, 2.24) is 30.4 Å². The minimum Gasteiger partial charge on any atom is -0.461 e. The first-order chi connectivity index (χ1) is 17.5. The van der Waals surface area contributed by atoms with Crippen molar-refractivity contribution >= 4 is 46.5 Å². The topological polar surface area (TPSA) is 115 Å². The number of benzene rings is 1. The maximum atomic E-state index is 12.7. The number of thioether (sulfide) groups is 1. The standard InChI is InChI=1S/C24H23ClN6O3S2/c1-14-7-8-15(25)11-18(14)31-21(19-6-4-10-34-19)29-30-24(31)36-13-20-27-17(12-35-20)23(33)28-16-5-2-3-9-26-22(16)32/h4,6-8,10-12,16H,2-3,5,9,13H2,1H3,(H,26,32)(H,28,33). The summed E-state index contributed by atoms with van der Waals surface area (Å²) in [6.07, 6.45) is 4.01. The summed E-state index contributed by atoms with van der Waals surface area (Å²) in [7, 11) is 0. The number of amides is 2. The van der Waals surface area contributed by atoms with Crippen LogP contribution in [0.2, 0.25) is 5.02 Å². The summed E-state index contributed by atoms with van der Waals surface area (Å²) in [5.74, 6) is 1.15. The third-order valence-electron chi connectivity index (χ3n) is 5.74. The highest BCUT2D eigenvalue weighted by molar-refractivity contribution is 7.98. The minimum absolute atomic E-state index is 0.144. The van der Waals surface area contributed by atoms with E-state index in [1.165, 1.54) is 23.1 Å². The summed E-state index contributed by atoms with van der Waals surface area (Å²) >= 11 is 9.13. The summed E-state index contributed by atoms with van der Waals surface area (Å²) in [6, 6.07) is 8.75. The summed E-state index contributed by atoms with van der Waals surface area (Å²) in [5, 5.41) is 18.1. The highest BCUT2D eigenvalue weighted by Gasteiger charge is 2.24. The lowest BCUT2D eigenvalue weighted by atomic mass is 10.1. The van der Waals surface area contributed by atoms with Crippen LogP contribution in [-0.2, 0) is 10.5 Å². The highest BCUT2D eigenvalue weighted by Crippen LogP contribution is 2.32. The molecule has 1 fully saturated rings. The van der Waals surface area contributed by atoms with Crippen molar-refractivity contribution in [3.63, 3.8) is 0 Å². The fraction of sp³-hybridized carbons (Fsp3) is 0.292. The molecule has 0 spiro atoms. The van der Waals surface area contributed by atoms with Crippen LogP contribution in [0.4, 0.5) is 0 Å². The van der Waals surface area contributed by atoms with Crippen molar-refractivity contribution in [1.29, 1.82) is 0 Å². The van der Waals surface area contributed by atoms with E-state index in [0.29, 0.717) is 46.2 Å². The number of aromatic nitrogens is 4. The molecular formula is C24H23ClN6O3S2. The molecule has 0 aliphatic carbocycles. The molecule has 1 aliphatic heterocycles. The van der Waals surface area contributed by atoms with Crippen LogP contribution in [0, 0.1) is 6.92 Å². The Labute approximate surface area is 220 Å². The van der Waals surface area contributed by atoms with Gasteiger partial charge in [0.25, 0.3) is 5.91 Å². The first-order valence-corrected chi connectivity index (χ1v) is 13.7. The maximum Gasteiger partial charge on any atom is 0.271 e. The van der Waals surface area contributed by atoms with Crippen LogP contribution in [-0.4, -0.2) is 44.1 Å². The molecule has 2 N–H and O–H groups in total. The summed E-state index contributed by atoms with van der Waals surface area (Å²) in [4.78, 5) is 29.3. The van der Waals surface area contributed by atoms with E-state index in [-0.39, 0.29) is 11.8 Å². The Morgan fingerprint density at radius 3 is 3.06 bits per heavy atom. The van der Waals surface area contributed by atoms with E-state index in [4.69, 9.17) is 16.0 Å². The predicted octanol–water partition coefficient (Wildman–Crippen LogP) is 4.64. The van der Waals surface area contributed by atoms with E-state index in [1.807, 2.05) is 35.8 Å². The van der Waals surface area contributed by atoms with Gasteiger partial charge in [0.1, 0.15) is 16.7 Å². The second-order valence-electron chi connectivity index (χ2n) is 8.28. The van der Waals surface area contributed by atoms with E-state index in [2.05, 4.69) is 25.8 Å². The van der Waals surface area contributed by atoms with Gasteiger partial charge in [-0.15, -0.1) is 21.5 Å². The van der Waals surface area contributed by atoms with Crippen molar-refractivity contribution < 1.29 is 14.0 Å². The molecule has 186 valence electrons. The van der Waals surface area contributed by atoms with Gasteiger partial charge < -0.3 is 15.1 Å². The second-order valence-corrected chi connectivity index (χ2v) is 10.6. The molecule has 4 aromatic rings. The van der Waals surface area contributed by atoms with E-state index in [9.17, 15) is 9.59 Å². The normalized spacial score (nSPS) is 15.9. The zero-order chi connectivity index (χ0) is 25.1. The molecule has 5 rings (SSSR count). The van der Waals surface area contributed by atoms with Gasteiger partial charge in [-0.2, -0.15) is 0 Å². The van der Waals surface area contributed by atoms with Gasteiger partial charge in [0, 0.05) is 16.9 Å². The smallest absolute Gasteiger partial charge is 0.271 e. The number of rotatable bonds is 7. The second kappa shape index (κ2) is 10.9. The van der Waals surface area contributed by atoms with Crippen LogP contribution in [0.3, 0.4) is 0 Å². The average Bonchev–Trinajstić information content (AvgIpc) is 3.61. The van der Waals surface area contributed by atoms with Crippen LogP contribution < -0.4 is 10.6 Å². The zero-order valence-corrected chi connectivity index (χ0v) is 21.8. The predicted molar refractivity (Wildman–Crippen MR) is 139 cm³/mol. The number of thiazole rings is 1. The average molecular weight is 543 g/mol. The van der Waals surface area contributed by atoms with Crippen LogP contribution in [0.5, 0.6) is 0 Å². The Morgan fingerprint density at radius 2 is 2.22 bits per heavy atom. The quantitative estimate of drug-likeness (QED) is 0.327. The SMILES string of the molecule is Cc1ccc(Cl)cc1-n1c(SCc2nc(C(=O)NC3CCCCNC3=O)cs2)nnc1-c1ccco1. The number of hydrogen-bond donors (Lipinski definition) is 2. The van der Waals surface area contributed by atoms with E-state index in [0.717, 1.165) is 29.1 Å². The van der Waals surface area contributed by atoms with E-state index in [1.54, 1.807) is 17.7 Å². The fourth-order valence-electron chi connectivity index (χ4n) is 3.89.